The van der Waals surface area contributed by atoms with Gasteiger partial charge in [0.2, 0.25) is 0 Å². The van der Waals surface area contributed by atoms with Gasteiger partial charge < -0.3 is 4.90 Å². The molecule has 0 aliphatic carbocycles. The van der Waals surface area contributed by atoms with E-state index in [1.54, 1.807) is 10.6 Å². The number of nitrogens with zero attached hydrogens (tertiary/aromatic N) is 3. The zero-order valence-corrected chi connectivity index (χ0v) is 10.9. The maximum Gasteiger partial charge on any atom is 0.331 e. The average Bonchev–Trinajstić information content (AvgIpc) is 2.36. The third-order valence-electron chi connectivity index (χ3n) is 3.02. The van der Waals surface area contributed by atoms with E-state index in [9.17, 15) is 9.59 Å². The topological polar surface area (TPSA) is 47.2 Å². The van der Waals surface area contributed by atoms with E-state index in [0.29, 0.717) is 17.4 Å². The van der Waals surface area contributed by atoms with E-state index in [1.165, 1.54) is 7.05 Å². The van der Waals surface area contributed by atoms with E-state index in [4.69, 9.17) is 0 Å². The molecule has 0 bridgehead atoms. The second kappa shape index (κ2) is 4.78. The van der Waals surface area contributed by atoms with Crippen LogP contribution in [0.5, 0.6) is 0 Å². The highest BCUT2D eigenvalue weighted by Crippen LogP contribution is 2.06. The molecular weight excluding hydrogens is 230 g/mol. The molecule has 1 aromatic carbocycles. The summed E-state index contributed by atoms with van der Waals surface area (Å²) < 4.78 is 2.81. The standard InChI is InChI=1S/C13H17N3O2/c1-14(2)8-9-16-11-7-5-4-6-10(11)12(17)15(3)13(16)18/h4-7H,8-9H2,1-3H3. The van der Waals surface area contributed by atoms with Crippen molar-refractivity contribution in [1.82, 2.24) is 14.0 Å². The predicted molar refractivity (Wildman–Crippen MR) is 72.0 cm³/mol. The van der Waals surface area contributed by atoms with Gasteiger partial charge in [0.15, 0.2) is 0 Å². The second-order valence-corrected chi connectivity index (χ2v) is 4.62. The Morgan fingerprint density at radius 3 is 2.50 bits per heavy atom. The van der Waals surface area contributed by atoms with Gasteiger partial charge >= 0.3 is 5.69 Å². The smallest absolute Gasteiger partial charge is 0.308 e. The van der Waals surface area contributed by atoms with Gasteiger partial charge in [0, 0.05) is 20.1 Å². The normalized spacial score (nSPS) is 11.3. The lowest BCUT2D eigenvalue weighted by molar-refractivity contribution is 0.380. The van der Waals surface area contributed by atoms with Crippen LogP contribution >= 0.6 is 0 Å². The number of hydrogen-bond acceptors (Lipinski definition) is 3. The van der Waals surface area contributed by atoms with Crippen LogP contribution in [0.3, 0.4) is 0 Å². The molecular formula is C13H17N3O2. The highest BCUT2D eigenvalue weighted by molar-refractivity contribution is 5.77. The summed E-state index contributed by atoms with van der Waals surface area (Å²) in [5.41, 5.74) is 0.199. The highest BCUT2D eigenvalue weighted by atomic mass is 16.2. The summed E-state index contributed by atoms with van der Waals surface area (Å²) in [5, 5.41) is 0.582. The quantitative estimate of drug-likeness (QED) is 0.781. The van der Waals surface area contributed by atoms with Gasteiger partial charge in [-0.15, -0.1) is 0 Å². The molecule has 0 aliphatic rings. The fourth-order valence-corrected chi connectivity index (χ4v) is 1.96. The largest absolute Gasteiger partial charge is 0.331 e. The van der Waals surface area contributed by atoms with Crippen molar-refractivity contribution in [1.29, 1.82) is 0 Å². The molecule has 0 radical (unpaired) electrons. The van der Waals surface area contributed by atoms with E-state index in [1.807, 2.05) is 37.2 Å². The first kappa shape index (κ1) is 12.6. The number of aromatic nitrogens is 2. The van der Waals surface area contributed by atoms with Gasteiger partial charge in [0.1, 0.15) is 0 Å². The summed E-state index contributed by atoms with van der Waals surface area (Å²) in [6, 6.07) is 7.22. The van der Waals surface area contributed by atoms with E-state index in [2.05, 4.69) is 0 Å². The maximum atomic E-state index is 12.1. The molecule has 2 aromatic rings. The van der Waals surface area contributed by atoms with Gasteiger partial charge in [-0.3, -0.25) is 13.9 Å². The summed E-state index contributed by atoms with van der Waals surface area (Å²) in [6.07, 6.45) is 0. The molecule has 5 heteroatoms. The Morgan fingerprint density at radius 2 is 1.83 bits per heavy atom. The van der Waals surface area contributed by atoms with E-state index in [0.717, 1.165) is 11.1 Å². The zero-order chi connectivity index (χ0) is 13.3. The van der Waals surface area contributed by atoms with Crippen molar-refractivity contribution in [2.24, 2.45) is 7.05 Å². The van der Waals surface area contributed by atoms with Crippen molar-refractivity contribution in [2.45, 2.75) is 6.54 Å². The maximum absolute atomic E-state index is 12.1. The molecule has 0 fully saturated rings. The molecule has 18 heavy (non-hydrogen) atoms. The molecule has 0 N–H and O–H groups in total. The average molecular weight is 247 g/mol. The number of rotatable bonds is 3. The van der Waals surface area contributed by atoms with Crippen LogP contribution in [-0.2, 0) is 13.6 Å². The molecule has 0 unspecified atom stereocenters. The Balaban J connectivity index is 2.71. The number of para-hydroxylation sites is 1. The summed E-state index contributed by atoms with van der Waals surface area (Å²) in [4.78, 5) is 26.1. The number of hydrogen-bond donors (Lipinski definition) is 0. The molecule has 5 nitrogen and oxygen atoms in total. The fourth-order valence-electron chi connectivity index (χ4n) is 1.96. The van der Waals surface area contributed by atoms with E-state index >= 15 is 0 Å². The van der Waals surface area contributed by atoms with Gasteiger partial charge in [-0.2, -0.15) is 0 Å². The van der Waals surface area contributed by atoms with Gasteiger partial charge in [0.25, 0.3) is 5.56 Å². The lowest BCUT2D eigenvalue weighted by atomic mass is 10.2. The Labute approximate surface area is 105 Å². The molecule has 0 aliphatic heterocycles. The van der Waals surface area contributed by atoms with Gasteiger partial charge in [0.05, 0.1) is 10.9 Å². The molecule has 0 saturated carbocycles. The van der Waals surface area contributed by atoms with E-state index < -0.39 is 0 Å². The van der Waals surface area contributed by atoms with Gasteiger partial charge in [-0.25, -0.2) is 4.79 Å². The van der Waals surface area contributed by atoms with Crippen LogP contribution < -0.4 is 11.2 Å². The first-order chi connectivity index (χ1) is 8.52. The lowest BCUT2D eigenvalue weighted by Gasteiger charge is -2.14. The monoisotopic (exact) mass is 247 g/mol. The predicted octanol–water partition coefficient (Wildman–Crippen LogP) is 0.262. The van der Waals surface area contributed by atoms with Crippen LogP contribution in [0.2, 0.25) is 0 Å². The molecule has 0 saturated heterocycles. The second-order valence-electron chi connectivity index (χ2n) is 4.62. The first-order valence-electron chi connectivity index (χ1n) is 5.85. The third kappa shape index (κ3) is 2.09. The van der Waals surface area contributed by atoms with Gasteiger partial charge in [-0.05, 0) is 26.2 Å². The first-order valence-corrected chi connectivity index (χ1v) is 5.85. The van der Waals surface area contributed by atoms with Crippen molar-refractivity contribution >= 4 is 10.9 Å². The minimum absolute atomic E-state index is 0.239. The van der Waals surface area contributed by atoms with Crippen LogP contribution in [-0.4, -0.2) is 34.7 Å². The van der Waals surface area contributed by atoms with Crippen molar-refractivity contribution in [2.75, 3.05) is 20.6 Å². The molecule has 0 spiro atoms. The Kier molecular flexibility index (Phi) is 3.34. The van der Waals surface area contributed by atoms with Gasteiger partial charge in [-0.1, -0.05) is 12.1 Å². The Bertz CT molecular complexity index is 683. The van der Waals surface area contributed by atoms with Crippen LogP contribution in [0.15, 0.2) is 33.9 Å². The molecule has 96 valence electrons. The molecule has 0 amide bonds. The third-order valence-corrected chi connectivity index (χ3v) is 3.02. The molecule has 1 heterocycles. The summed E-state index contributed by atoms with van der Waals surface area (Å²) >= 11 is 0. The summed E-state index contributed by atoms with van der Waals surface area (Å²) in [5.74, 6) is 0. The van der Waals surface area contributed by atoms with Crippen LogP contribution in [0.25, 0.3) is 10.9 Å². The molecule has 2 rings (SSSR count). The van der Waals surface area contributed by atoms with Crippen LogP contribution in [0, 0.1) is 0 Å². The van der Waals surface area contributed by atoms with Crippen LogP contribution in [0.1, 0.15) is 0 Å². The Hall–Kier alpha value is -1.88. The van der Waals surface area contributed by atoms with Crippen molar-refractivity contribution in [3.8, 4) is 0 Å². The minimum Gasteiger partial charge on any atom is -0.308 e. The molecule has 1 aromatic heterocycles. The zero-order valence-electron chi connectivity index (χ0n) is 10.9. The minimum atomic E-state index is -0.263. The Morgan fingerprint density at radius 1 is 1.17 bits per heavy atom. The fraction of sp³-hybridized carbons (Fsp3) is 0.385. The highest BCUT2D eigenvalue weighted by Gasteiger charge is 2.09. The lowest BCUT2D eigenvalue weighted by Crippen LogP contribution is -2.39. The van der Waals surface area contributed by atoms with Crippen molar-refractivity contribution in [3.63, 3.8) is 0 Å². The molecule has 0 atom stereocenters. The SMILES string of the molecule is CN(C)CCn1c(=O)n(C)c(=O)c2ccccc21. The van der Waals surface area contributed by atoms with E-state index in [-0.39, 0.29) is 11.2 Å². The van der Waals surface area contributed by atoms with Crippen molar-refractivity contribution in [3.05, 3.63) is 45.1 Å². The van der Waals surface area contributed by atoms with Crippen molar-refractivity contribution < 1.29 is 0 Å². The number of likely N-dealkylation sites (N-methyl/N-ethyl adjacent to an activating group) is 1. The number of benzene rings is 1. The number of fused-ring (bicyclic) bond motifs is 1. The summed E-state index contributed by atoms with van der Waals surface area (Å²) in [6.45, 7) is 1.32. The summed E-state index contributed by atoms with van der Waals surface area (Å²) in [7, 11) is 5.42. The van der Waals surface area contributed by atoms with Crippen LogP contribution in [0.4, 0.5) is 0 Å².